The van der Waals surface area contributed by atoms with Crippen molar-refractivity contribution in [3.63, 3.8) is 0 Å². The Morgan fingerprint density at radius 3 is 2.62 bits per heavy atom. The first-order chi connectivity index (χ1) is 12.7. The van der Waals surface area contributed by atoms with E-state index < -0.39 is 0 Å². The molecule has 2 heterocycles. The number of aromatic amines is 1. The minimum atomic E-state index is -0.132. The number of nitrogens with zero attached hydrogens (tertiary/aromatic N) is 3. The third kappa shape index (κ3) is 5.61. The zero-order chi connectivity index (χ0) is 18.8. The lowest BCUT2D eigenvalue weighted by Gasteiger charge is -2.28. The number of nitrogens with two attached hydrogens (primary N) is 2. The second kappa shape index (κ2) is 10.2. The molecule has 5 N–H and O–H groups in total. The summed E-state index contributed by atoms with van der Waals surface area (Å²) in [6, 6.07) is 3.25. The SMILES string of the molecule is CC/C(=C/N)C(=NCc1ccc(=O)[nH]c1)N=C(/C=C\N)N1CCCCC1. The fourth-order valence-electron chi connectivity index (χ4n) is 2.80. The molecule has 0 unspecified atom stereocenters. The molecule has 0 aliphatic carbocycles. The van der Waals surface area contributed by atoms with Crippen molar-refractivity contribution in [3.05, 3.63) is 58.3 Å². The number of pyridine rings is 1. The average molecular weight is 356 g/mol. The van der Waals surface area contributed by atoms with E-state index in [4.69, 9.17) is 16.5 Å². The van der Waals surface area contributed by atoms with Crippen molar-refractivity contribution in [2.75, 3.05) is 13.1 Å². The van der Waals surface area contributed by atoms with Gasteiger partial charge in [-0.1, -0.05) is 13.0 Å². The molecule has 0 bridgehead atoms. The highest BCUT2D eigenvalue weighted by molar-refractivity contribution is 6.09. The first-order valence-electron chi connectivity index (χ1n) is 9.03. The maximum absolute atomic E-state index is 11.2. The Kier molecular flexibility index (Phi) is 7.67. The van der Waals surface area contributed by atoms with Crippen LogP contribution in [0.5, 0.6) is 0 Å². The van der Waals surface area contributed by atoms with E-state index in [1.165, 1.54) is 18.7 Å². The molecular weight excluding hydrogens is 328 g/mol. The number of hydrogen-bond donors (Lipinski definition) is 3. The summed E-state index contributed by atoms with van der Waals surface area (Å²) in [5, 5.41) is 0. The van der Waals surface area contributed by atoms with E-state index in [1.54, 1.807) is 18.5 Å². The number of rotatable bonds is 5. The Bertz CT molecular complexity index is 733. The Balaban J connectivity index is 2.33. The molecule has 1 fully saturated rings. The number of amidine groups is 2. The van der Waals surface area contributed by atoms with Crippen molar-refractivity contribution in [2.24, 2.45) is 21.5 Å². The molecule has 26 heavy (non-hydrogen) atoms. The molecule has 0 amide bonds. The summed E-state index contributed by atoms with van der Waals surface area (Å²) in [6.07, 6.45) is 10.8. The Hall–Kier alpha value is -2.83. The number of aliphatic imine (C=N–C) groups is 2. The van der Waals surface area contributed by atoms with Crippen LogP contribution in [0.4, 0.5) is 0 Å². The van der Waals surface area contributed by atoms with Crippen LogP contribution in [0.25, 0.3) is 0 Å². The number of likely N-dealkylation sites (tertiary alicyclic amines) is 1. The van der Waals surface area contributed by atoms with Crippen LogP contribution in [0.15, 0.2) is 57.2 Å². The van der Waals surface area contributed by atoms with Gasteiger partial charge in [-0.3, -0.25) is 9.79 Å². The van der Waals surface area contributed by atoms with E-state index in [9.17, 15) is 4.79 Å². The highest BCUT2D eigenvalue weighted by Crippen LogP contribution is 2.13. The van der Waals surface area contributed by atoms with Crippen LogP contribution >= 0.6 is 0 Å². The fourth-order valence-corrected chi connectivity index (χ4v) is 2.80. The van der Waals surface area contributed by atoms with Gasteiger partial charge in [-0.25, -0.2) is 4.99 Å². The van der Waals surface area contributed by atoms with Crippen LogP contribution in [-0.2, 0) is 6.54 Å². The summed E-state index contributed by atoms with van der Waals surface area (Å²) in [7, 11) is 0. The van der Waals surface area contributed by atoms with Crippen molar-refractivity contribution in [1.29, 1.82) is 0 Å². The van der Waals surface area contributed by atoms with E-state index in [0.29, 0.717) is 12.4 Å². The third-order valence-corrected chi connectivity index (χ3v) is 4.28. The predicted octanol–water partition coefficient (Wildman–Crippen LogP) is 1.88. The molecule has 0 atom stereocenters. The van der Waals surface area contributed by atoms with Crippen LogP contribution in [0.1, 0.15) is 38.2 Å². The molecule has 2 rings (SSSR count). The van der Waals surface area contributed by atoms with Gasteiger partial charge in [-0.2, -0.15) is 0 Å². The normalized spacial score (nSPS) is 17.1. The molecule has 1 aliphatic heterocycles. The summed E-state index contributed by atoms with van der Waals surface area (Å²) in [5.41, 5.74) is 13.1. The quantitative estimate of drug-likeness (QED) is 0.552. The van der Waals surface area contributed by atoms with Gasteiger partial charge in [-0.15, -0.1) is 0 Å². The molecule has 140 valence electrons. The lowest BCUT2D eigenvalue weighted by Crippen LogP contribution is -2.35. The fraction of sp³-hybridized carbons (Fsp3) is 0.421. The second-order valence-electron chi connectivity index (χ2n) is 6.12. The number of hydrogen-bond acceptors (Lipinski definition) is 4. The number of H-pyrrole nitrogens is 1. The zero-order valence-corrected chi connectivity index (χ0v) is 15.3. The van der Waals surface area contributed by atoms with Gasteiger partial charge in [0.15, 0.2) is 5.84 Å². The Morgan fingerprint density at radius 2 is 2.04 bits per heavy atom. The van der Waals surface area contributed by atoms with Crippen molar-refractivity contribution in [1.82, 2.24) is 9.88 Å². The maximum Gasteiger partial charge on any atom is 0.247 e. The molecule has 0 saturated carbocycles. The van der Waals surface area contributed by atoms with Gasteiger partial charge in [0, 0.05) is 37.1 Å². The predicted molar refractivity (Wildman–Crippen MR) is 107 cm³/mol. The van der Waals surface area contributed by atoms with Crippen molar-refractivity contribution < 1.29 is 0 Å². The number of piperidine rings is 1. The van der Waals surface area contributed by atoms with Gasteiger partial charge in [0.25, 0.3) is 0 Å². The first-order valence-corrected chi connectivity index (χ1v) is 9.03. The van der Waals surface area contributed by atoms with E-state index in [2.05, 4.69) is 14.9 Å². The molecular formula is C19H28N6O. The van der Waals surface area contributed by atoms with Crippen molar-refractivity contribution >= 4 is 11.7 Å². The van der Waals surface area contributed by atoms with Gasteiger partial charge in [-0.05, 0) is 43.5 Å². The van der Waals surface area contributed by atoms with Crippen LogP contribution in [0.3, 0.4) is 0 Å². The summed E-state index contributed by atoms with van der Waals surface area (Å²) >= 11 is 0. The van der Waals surface area contributed by atoms with E-state index in [-0.39, 0.29) is 5.56 Å². The summed E-state index contributed by atoms with van der Waals surface area (Å²) < 4.78 is 0. The zero-order valence-electron chi connectivity index (χ0n) is 15.3. The van der Waals surface area contributed by atoms with Crippen LogP contribution in [0, 0.1) is 0 Å². The smallest absolute Gasteiger partial charge is 0.247 e. The standard InChI is InChI=1S/C19H28N6O/c1-2-16(12-21)19(23-14-15-6-7-18(26)22-13-15)24-17(8-9-20)25-10-4-3-5-11-25/h6-9,12-13H,2-5,10-11,14,20-21H2,1H3,(H,22,26)/b9-8-,16-12-,23-19?,24-17?. The van der Waals surface area contributed by atoms with E-state index >= 15 is 0 Å². The Labute approximate surface area is 154 Å². The minimum absolute atomic E-state index is 0.132. The average Bonchev–Trinajstić information content (AvgIpc) is 2.68. The first kappa shape index (κ1) is 19.5. The van der Waals surface area contributed by atoms with Crippen molar-refractivity contribution in [3.8, 4) is 0 Å². The monoisotopic (exact) mass is 356 g/mol. The van der Waals surface area contributed by atoms with Gasteiger partial charge in [0.05, 0.1) is 6.54 Å². The van der Waals surface area contributed by atoms with Gasteiger partial charge >= 0.3 is 0 Å². The minimum Gasteiger partial charge on any atom is -0.404 e. The summed E-state index contributed by atoms with van der Waals surface area (Å²) in [6.45, 7) is 4.35. The van der Waals surface area contributed by atoms with Gasteiger partial charge in [0.2, 0.25) is 5.56 Å². The molecule has 1 aromatic heterocycles. The molecule has 0 aromatic carbocycles. The lowest BCUT2D eigenvalue weighted by molar-refractivity contribution is 0.344. The lowest BCUT2D eigenvalue weighted by atomic mass is 10.1. The highest BCUT2D eigenvalue weighted by atomic mass is 16.1. The molecule has 7 heteroatoms. The summed E-state index contributed by atoms with van der Waals surface area (Å²) in [5.74, 6) is 1.40. The van der Waals surface area contributed by atoms with Gasteiger partial charge in [0.1, 0.15) is 5.84 Å². The van der Waals surface area contributed by atoms with Crippen LogP contribution < -0.4 is 17.0 Å². The summed E-state index contributed by atoms with van der Waals surface area (Å²) in [4.78, 5) is 25.5. The largest absolute Gasteiger partial charge is 0.404 e. The number of nitrogens with one attached hydrogen (secondary N) is 1. The van der Waals surface area contributed by atoms with Crippen molar-refractivity contribution in [2.45, 2.75) is 39.2 Å². The maximum atomic E-state index is 11.2. The highest BCUT2D eigenvalue weighted by Gasteiger charge is 2.14. The van der Waals surface area contributed by atoms with E-state index in [1.807, 2.05) is 13.0 Å². The number of aromatic nitrogens is 1. The topological polar surface area (TPSA) is 113 Å². The molecule has 1 aromatic rings. The molecule has 1 aliphatic rings. The molecule has 7 nitrogen and oxygen atoms in total. The van der Waals surface area contributed by atoms with Crippen LogP contribution in [-0.4, -0.2) is 34.6 Å². The van der Waals surface area contributed by atoms with Crippen LogP contribution in [0.2, 0.25) is 0 Å². The molecule has 0 spiro atoms. The third-order valence-electron chi connectivity index (χ3n) is 4.28. The molecule has 0 radical (unpaired) electrons. The molecule has 1 saturated heterocycles. The van der Waals surface area contributed by atoms with Gasteiger partial charge < -0.3 is 21.4 Å². The van der Waals surface area contributed by atoms with E-state index in [0.717, 1.165) is 49.3 Å². The second-order valence-corrected chi connectivity index (χ2v) is 6.12. The Morgan fingerprint density at radius 1 is 1.27 bits per heavy atom.